The standard InChI is InChI=1S/C12H13N3OS3/c1-6-9(19-12(17)13-6)5-10(16)15-11-14-7-3-2-4-8(7)18-11/h2-5H2,1H3,(H,13,17)(H,14,15,16). The molecule has 0 aromatic carbocycles. The van der Waals surface area contributed by atoms with Crippen molar-refractivity contribution in [2.24, 2.45) is 0 Å². The molecule has 0 spiro atoms. The van der Waals surface area contributed by atoms with Crippen LogP contribution in [0.4, 0.5) is 5.13 Å². The predicted octanol–water partition coefficient (Wildman–Crippen LogP) is 3.24. The number of aryl methyl sites for hydroxylation is 3. The first-order valence-electron chi connectivity index (χ1n) is 6.09. The Labute approximate surface area is 123 Å². The summed E-state index contributed by atoms with van der Waals surface area (Å²) in [7, 11) is 0. The van der Waals surface area contributed by atoms with E-state index in [-0.39, 0.29) is 5.91 Å². The van der Waals surface area contributed by atoms with E-state index in [2.05, 4.69) is 15.3 Å². The molecule has 1 aliphatic rings. The molecule has 0 radical (unpaired) electrons. The molecule has 1 amide bonds. The average molecular weight is 311 g/mol. The highest BCUT2D eigenvalue weighted by atomic mass is 32.1. The van der Waals surface area contributed by atoms with E-state index in [4.69, 9.17) is 12.2 Å². The van der Waals surface area contributed by atoms with Gasteiger partial charge in [-0.2, -0.15) is 0 Å². The van der Waals surface area contributed by atoms with Crippen molar-refractivity contribution in [3.05, 3.63) is 25.1 Å². The molecule has 100 valence electrons. The number of carbonyl (C=O) groups is 1. The van der Waals surface area contributed by atoms with Gasteiger partial charge in [-0.15, -0.1) is 22.7 Å². The van der Waals surface area contributed by atoms with Crippen LogP contribution < -0.4 is 5.32 Å². The van der Waals surface area contributed by atoms with Gasteiger partial charge in [-0.25, -0.2) is 4.98 Å². The number of hydrogen-bond donors (Lipinski definition) is 2. The monoisotopic (exact) mass is 311 g/mol. The van der Waals surface area contributed by atoms with Gasteiger partial charge in [0.1, 0.15) is 0 Å². The second-order valence-electron chi connectivity index (χ2n) is 4.53. The Morgan fingerprint density at radius 1 is 1.47 bits per heavy atom. The zero-order valence-electron chi connectivity index (χ0n) is 10.4. The summed E-state index contributed by atoms with van der Waals surface area (Å²) in [5.74, 6) is -0.0271. The van der Waals surface area contributed by atoms with Gasteiger partial charge in [0.15, 0.2) is 9.09 Å². The van der Waals surface area contributed by atoms with Gasteiger partial charge in [-0.05, 0) is 38.4 Å². The molecule has 2 heterocycles. The third kappa shape index (κ3) is 2.77. The quantitative estimate of drug-likeness (QED) is 0.856. The van der Waals surface area contributed by atoms with Crippen LogP contribution in [0.15, 0.2) is 0 Å². The summed E-state index contributed by atoms with van der Waals surface area (Å²) in [5, 5.41) is 3.61. The van der Waals surface area contributed by atoms with Crippen molar-refractivity contribution in [1.82, 2.24) is 9.97 Å². The molecule has 2 aromatic heterocycles. The molecule has 0 aliphatic heterocycles. The zero-order valence-corrected chi connectivity index (χ0v) is 12.9. The van der Waals surface area contributed by atoms with Crippen LogP contribution in [-0.2, 0) is 24.1 Å². The molecule has 0 saturated heterocycles. The second-order valence-corrected chi connectivity index (χ2v) is 7.39. The number of anilines is 1. The minimum Gasteiger partial charge on any atom is -0.341 e. The Morgan fingerprint density at radius 3 is 3.00 bits per heavy atom. The summed E-state index contributed by atoms with van der Waals surface area (Å²) >= 11 is 8.13. The maximum Gasteiger partial charge on any atom is 0.231 e. The number of hydrogen-bond acceptors (Lipinski definition) is 5. The van der Waals surface area contributed by atoms with E-state index in [9.17, 15) is 4.79 Å². The summed E-state index contributed by atoms with van der Waals surface area (Å²) in [6.07, 6.45) is 3.68. The molecule has 0 atom stereocenters. The molecular weight excluding hydrogens is 298 g/mol. The first-order valence-corrected chi connectivity index (χ1v) is 8.13. The van der Waals surface area contributed by atoms with Crippen LogP contribution in [0.2, 0.25) is 0 Å². The molecule has 2 aromatic rings. The fraction of sp³-hybridized carbons (Fsp3) is 0.417. The molecule has 0 unspecified atom stereocenters. The number of aromatic amines is 1. The smallest absolute Gasteiger partial charge is 0.231 e. The van der Waals surface area contributed by atoms with E-state index >= 15 is 0 Å². The van der Waals surface area contributed by atoms with E-state index in [1.807, 2.05) is 6.92 Å². The lowest BCUT2D eigenvalue weighted by Gasteiger charge is -2.00. The average Bonchev–Trinajstić information content (AvgIpc) is 2.94. The number of nitrogens with zero attached hydrogens (tertiary/aromatic N) is 1. The molecule has 1 aliphatic carbocycles. The number of fused-ring (bicyclic) bond motifs is 1. The lowest BCUT2D eigenvalue weighted by molar-refractivity contribution is -0.115. The number of H-pyrrole nitrogens is 1. The van der Waals surface area contributed by atoms with Crippen molar-refractivity contribution in [2.75, 3.05) is 5.32 Å². The first kappa shape index (κ1) is 13.0. The summed E-state index contributed by atoms with van der Waals surface area (Å²) in [6, 6.07) is 0. The SMILES string of the molecule is Cc1[nH]c(=S)sc1CC(=O)Nc1nc2c(s1)CCC2. The lowest BCUT2D eigenvalue weighted by Crippen LogP contribution is -2.14. The second kappa shape index (κ2) is 5.15. The van der Waals surface area contributed by atoms with Crippen LogP contribution in [0.1, 0.15) is 27.6 Å². The molecule has 0 saturated carbocycles. The largest absolute Gasteiger partial charge is 0.341 e. The maximum absolute atomic E-state index is 12.0. The van der Waals surface area contributed by atoms with Gasteiger partial charge in [0.25, 0.3) is 0 Å². The number of amides is 1. The summed E-state index contributed by atoms with van der Waals surface area (Å²) in [5.41, 5.74) is 2.14. The van der Waals surface area contributed by atoms with Crippen molar-refractivity contribution in [1.29, 1.82) is 0 Å². The van der Waals surface area contributed by atoms with E-state index in [1.54, 1.807) is 11.3 Å². The molecule has 4 nitrogen and oxygen atoms in total. The lowest BCUT2D eigenvalue weighted by atomic mass is 10.3. The summed E-state index contributed by atoms with van der Waals surface area (Å²) < 4.78 is 0.716. The normalized spacial score (nSPS) is 13.5. The number of thiazole rings is 2. The van der Waals surface area contributed by atoms with Crippen LogP contribution in [0.3, 0.4) is 0 Å². The highest BCUT2D eigenvalue weighted by Crippen LogP contribution is 2.30. The van der Waals surface area contributed by atoms with Gasteiger partial charge in [0.2, 0.25) is 5.91 Å². The Kier molecular flexibility index (Phi) is 3.51. The van der Waals surface area contributed by atoms with Crippen LogP contribution in [0.25, 0.3) is 0 Å². The van der Waals surface area contributed by atoms with Gasteiger partial charge >= 0.3 is 0 Å². The Morgan fingerprint density at radius 2 is 2.32 bits per heavy atom. The fourth-order valence-corrected chi connectivity index (χ4v) is 4.51. The van der Waals surface area contributed by atoms with Crippen molar-refractivity contribution in [3.63, 3.8) is 0 Å². The molecular formula is C12H13N3OS3. The highest BCUT2D eigenvalue weighted by molar-refractivity contribution is 7.73. The van der Waals surface area contributed by atoms with E-state index < -0.39 is 0 Å². The van der Waals surface area contributed by atoms with Gasteiger partial charge in [-0.1, -0.05) is 0 Å². The first-order chi connectivity index (χ1) is 9.11. The molecule has 3 rings (SSSR count). The Hall–Kier alpha value is -1.05. The van der Waals surface area contributed by atoms with Gasteiger partial charge in [0.05, 0.1) is 12.1 Å². The number of rotatable bonds is 3. The van der Waals surface area contributed by atoms with E-state index in [0.29, 0.717) is 10.4 Å². The molecule has 19 heavy (non-hydrogen) atoms. The highest BCUT2D eigenvalue weighted by Gasteiger charge is 2.18. The van der Waals surface area contributed by atoms with Crippen molar-refractivity contribution < 1.29 is 4.79 Å². The Balaban J connectivity index is 1.68. The summed E-state index contributed by atoms with van der Waals surface area (Å²) in [6.45, 7) is 1.94. The van der Waals surface area contributed by atoms with Gasteiger partial charge in [-0.3, -0.25) is 4.79 Å². The Bertz CT molecular complexity index is 661. The zero-order chi connectivity index (χ0) is 13.4. The third-order valence-electron chi connectivity index (χ3n) is 3.09. The van der Waals surface area contributed by atoms with Gasteiger partial charge < -0.3 is 10.3 Å². The van der Waals surface area contributed by atoms with E-state index in [0.717, 1.165) is 34.2 Å². The number of aromatic nitrogens is 2. The van der Waals surface area contributed by atoms with Gasteiger partial charge in [0, 0.05) is 15.4 Å². The summed E-state index contributed by atoms with van der Waals surface area (Å²) in [4.78, 5) is 21.8. The van der Waals surface area contributed by atoms with Crippen LogP contribution in [-0.4, -0.2) is 15.9 Å². The van der Waals surface area contributed by atoms with Crippen LogP contribution in [0, 0.1) is 10.9 Å². The third-order valence-corrected chi connectivity index (χ3v) is 5.50. The van der Waals surface area contributed by atoms with Crippen LogP contribution >= 0.6 is 34.9 Å². The number of nitrogens with one attached hydrogen (secondary N) is 2. The van der Waals surface area contributed by atoms with Crippen LogP contribution in [0.5, 0.6) is 0 Å². The molecule has 0 bridgehead atoms. The van der Waals surface area contributed by atoms with Crippen molar-refractivity contribution in [3.8, 4) is 0 Å². The fourth-order valence-electron chi connectivity index (χ4n) is 2.16. The minimum absolute atomic E-state index is 0.0271. The molecule has 0 fully saturated rings. The van der Waals surface area contributed by atoms with E-state index in [1.165, 1.54) is 22.6 Å². The maximum atomic E-state index is 12.0. The predicted molar refractivity (Wildman–Crippen MR) is 80.7 cm³/mol. The molecule has 2 N–H and O–H groups in total. The molecule has 7 heteroatoms. The number of carbonyl (C=O) groups excluding carboxylic acids is 1. The van der Waals surface area contributed by atoms with Crippen molar-refractivity contribution >= 4 is 45.9 Å². The van der Waals surface area contributed by atoms with Crippen molar-refractivity contribution in [2.45, 2.75) is 32.6 Å². The minimum atomic E-state index is -0.0271. The topological polar surface area (TPSA) is 57.8 Å².